The molecule has 3 aliphatic rings. The molecule has 3 N–H and O–H groups in total. The highest BCUT2D eigenvalue weighted by Crippen LogP contribution is 2.37. The Morgan fingerprint density at radius 3 is 2.22 bits per heavy atom. The fourth-order valence-corrected chi connectivity index (χ4v) is 10.6. The van der Waals surface area contributed by atoms with Crippen LogP contribution >= 0.6 is 0 Å². The Kier molecular flexibility index (Phi) is 16.5. The number of primary sulfonamides is 1. The van der Waals surface area contributed by atoms with Gasteiger partial charge < -0.3 is 24.6 Å². The topological polar surface area (TPSA) is 165 Å². The summed E-state index contributed by atoms with van der Waals surface area (Å²) in [6.07, 6.45) is 4.76. The molecule has 2 amide bonds. The van der Waals surface area contributed by atoms with Crippen molar-refractivity contribution >= 4 is 33.4 Å². The summed E-state index contributed by atoms with van der Waals surface area (Å²) < 4.78 is 36.3. The molecule has 0 unspecified atom stereocenters. The highest BCUT2D eigenvalue weighted by Gasteiger charge is 2.46. The van der Waals surface area contributed by atoms with E-state index in [1.807, 2.05) is 44.2 Å². The van der Waals surface area contributed by atoms with Gasteiger partial charge in [-0.25, -0.2) is 13.6 Å². The number of nitrogens with one attached hydrogen (secondary N) is 1. The molecule has 55 heavy (non-hydrogen) atoms. The van der Waals surface area contributed by atoms with Crippen LogP contribution in [0.1, 0.15) is 98.0 Å². The van der Waals surface area contributed by atoms with Crippen LogP contribution in [0.5, 0.6) is 0 Å². The van der Waals surface area contributed by atoms with Crippen LogP contribution in [-0.4, -0.2) is 112 Å². The number of hydrogen-bond donors (Lipinski definition) is 2. The number of hydrogen-bond acceptors (Lipinski definition) is 9. The minimum absolute atomic E-state index is 0.00218. The van der Waals surface area contributed by atoms with Crippen molar-refractivity contribution in [3.63, 3.8) is 0 Å². The Balaban J connectivity index is 1.46. The van der Waals surface area contributed by atoms with Crippen LogP contribution in [0.3, 0.4) is 0 Å². The highest BCUT2D eigenvalue weighted by molar-refractivity contribution is 7.89. The quantitative estimate of drug-likeness (QED) is 0.174. The van der Waals surface area contributed by atoms with Gasteiger partial charge in [0.05, 0.1) is 42.5 Å². The van der Waals surface area contributed by atoms with Crippen molar-refractivity contribution in [2.75, 3.05) is 33.6 Å². The maximum absolute atomic E-state index is 14.3. The molecule has 310 valence electrons. The molecule has 2 bridgehead atoms. The molecule has 1 aliphatic carbocycles. The molecule has 2 saturated heterocycles. The van der Waals surface area contributed by atoms with E-state index in [0.717, 1.165) is 37.7 Å². The number of sulfonamides is 1. The summed E-state index contributed by atoms with van der Waals surface area (Å²) in [5, 5.41) is 8.93. The Labute approximate surface area is 330 Å². The van der Waals surface area contributed by atoms with Gasteiger partial charge in [0, 0.05) is 58.5 Å². The van der Waals surface area contributed by atoms with E-state index >= 15 is 0 Å². The largest absolute Gasteiger partial charge is 0.379 e. The van der Waals surface area contributed by atoms with Crippen LogP contribution in [0.2, 0.25) is 0 Å². The number of carbonyl (C=O) groups excluding carboxylic acids is 4. The van der Waals surface area contributed by atoms with Gasteiger partial charge in [0.25, 0.3) is 0 Å². The van der Waals surface area contributed by atoms with Gasteiger partial charge in [-0.3, -0.25) is 19.2 Å². The summed E-state index contributed by atoms with van der Waals surface area (Å²) in [7, 11) is 1.07. The fourth-order valence-electron chi connectivity index (χ4n) is 9.71. The van der Waals surface area contributed by atoms with Crippen LogP contribution in [0.25, 0.3) is 0 Å². The normalized spacial score (nSPS) is 24.9. The van der Waals surface area contributed by atoms with E-state index in [9.17, 15) is 27.6 Å². The predicted molar refractivity (Wildman–Crippen MR) is 213 cm³/mol. The zero-order valence-corrected chi connectivity index (χ0v) is 35.3. The SMILES string of the molecule is CC[C@H](C)[C@@H]([C@@H](CC(=O)N1CCC[C@H]1[C@H](OC)[C@@H](C)C(=O)C[C@@H](Cc1ccccc1)CS(N)(=O)=O)OC)N(C)C(=O)[C@@H](CC(=O)[C@H]1N[C@@H]2CC[C@H]1C2)C(C)C. The number of ether oxygens (including phenoxy) is 2. The number of likely N-dealkylation sites (tertiary alicyclic amines) is 1. The van der Waals surface area contributed by atoms with Crippen LogP contribution in [0, 0.1) is 35.5 Å². The zero-order chi connectivity index (χ0) is 40.6. The molecule has 1 saturated carbocycles. The van der Waals surface area contributed by atoms with Gasteiger partial charge in [-0.1, -0.05) is 71.4 Å². The third kappa shape index (κ3) is 11.7. The third-order valence-electron chi connectivity index (χ3n) is 12.9. The lowest BCUT2D eigenvalue weighted by atomic mass is 9.83. The minimum Gasteiger partial charge on any atom is -0.379 e. The number of likely N-dealkylation sites (N-methyl/N-ethyl adjacent to an activating group) is 1. The lowest BCUT2D eigenvalue weighted by Gasteiger charge is -2.41. The van der Waals surface area contributed by atoms with Gasteiger partial charge in [-0.15, -0.1) is 0 Å². The van der Waals surface area contributed by atoms with E-state index in [4.69, 9.17) is 14.6 Å². The van der Waals surface area contributed by atoms with Gasteiger partial charge in [0.2, 0.25) is 21.8 Å². The van der Waals surface area contributed by atoms with Gasteiger partial charge in [0.1, 0.15) is 5.78 Å². The average Bonchev–Trinajstić information content (AvgIpc) is 3.91. The molecule has 0 spiro atoms. The summed E-state index contributed by atoms with van der Waals surface area (Å²) in [6, 6.07) is 8.88. The molecule has 3 fully saturated rings. The number of amides is 2. The molecule has 2 heterocycles. The summed E-state index contributed by atoms with van der Waals surface area (Å²) in [5.41, 5.74) is 0.921. The van der Waals surface area contributed by atoms with E-state index in [2.05, 4.69) is 19.2 Å². The number of ketones is 2. The van der Waals surface area contributed by atoms with Crippen molar-refractivity contribution in [1.29, 1.82) is 0 Å². The van der Waals surface area contributed by atoms with Crippen LogP contribution in [0.4, 0.5) is 0 Å². The molecule has 13 heteroatoms. The molecular weight excluding hydrogens is 721 g/mol. The maximum atomic E-state index is 14.3. The third-order valence-corrected chi connectivity index (χ3v) is 13.9. The average molecular weight is 789 g/mol. The van der Waals surface area contributed by atoms with Gasteiger partial charge >= 0.3 is 0 Å². The van der Waals surface area contributed by atoms with Gasteiger partial charge in [0.15, 0.2) is 5.78 Å². The van der Waals surface area contributed by atoms with Crippen molar-refractivity contribution in [2.24, 2.45) is 40.6 Å². The van der Waals surface area contributed by atoms with E-state index in [0.29, 0.717) is 31.3 Å². The monoisotopic (exact) mass is 788 g/mol. The Hall–Kier alpha value is -2.71. The number of nitrogens with zero attached hydrogens (tertiary/aromatic N) is 2. The first-order valence-corrected chi connectivity index (χ1v) is 22.2. The second-order valence-electron chi connectivity index (χ2n) is 17.1. The zero-order valence-electron chi connectivity index (χ0n) is 34.4. The first kappa shape index (κ1) is 45.0. The minimum atomic E-state index is -3.83. The van der Waals surface area contributed by atoms with Crippen molar-refractivity contribution in [3.8, 4) is 0 Å². The molecule has 1 aromatic carbocycles. The first-order valence-electron chi connectivity index (χ1n) is 20.5. The second kappa shape index (κ2) is 20.1. The molecule has 2 aliphatic heterocycles. The summed E-state index contributed by atoms with van der Waals surface area (Å²) in [4.78, 5) is 59.4. The number of benzene rings is 1. The number of methoxy groups -OCH3 is 2. The van der Waals surface area contributed by atoms with Crippen LogP contribution in [-0.2, 0) is 45.1 Å². The molecule has 12 nitrogen and oxygen atoms in total. The number of rotatable bonds is 22. The summed E-state index contributed by atoms with van der Waals surface area (Å²) in [6.45, 7) is 10.4. The number of piperidine rings is 1. The first-order chi connectivity index (χ1) is 26.0. The lowest BCUT2D eigenvalue weighted by molar-refractivity contribution is -0.149. The van der Waals surface area contributed by atoms with Crippen molar-refractivity contribution in [1.82, 2.24) is 15.1 Å². The molecule has 4 rings (SSSR count). The molecule has 1 aromatic rings. The van der Waals surface area contributed by atoms with Gasteiger partial charge in [-0.05, 0) is 67.8 Å². The Bertz CT molecular complexity index is 1560. The fraction of sp³-hybridized carbons (Fsp3) is 0.762. The number of fused-ring (bicyclic) bond motifs is 2. The summed E-state index contributed by atoms with van der Waals surface area (Å²) >= 11 is 0. The van der Waals surface area contributed by atoms with E-state index in [1.54, 1.807) is 38.0 Å². The second-order valence-corrected chi connectivity index (χ2v) is 18.7. The van der Waals surface area contributed by atoms with Crippen molar-refractivity contribution < 1.29 is 37.1 Å². The predicted octanol–water partition coefficient (Wildman–Crippen LogP) is 4.39. The number of carbonyl (C=O) groups is 4. The molecule has 0 aromatic heterocycles. The van der Waals surface area contributed by atoms with E-state index in [-0.39, 0.29) is 72.3 Å². The highest BCUT2D eigenvalue weighted by atomic mass is 32.2. The van der Waals surface area contributed by atoms with E-state index in [1.165, 1.54) is 0 Å². The van der Waals surface area contributed by atoms with E-state index < -0.39 is 46.0 Å². The molecular formula is C42H68N4O8S. The van der Waals surface area contributed by atoms with Crippen molar-refractivity contribution in [2.45, 2.75) is 135 Å². The van der Waals surface area contributed by atoms with Gasteiger partial charge in [-0.2, -0.15) is 0 Å². The van der Waals surface area contributed by atoms with Crippen LogP contribution in [0.15, 0.2) is 30.3 Å². The maximum Gasteiger partial charge on any atom is 0.226 e. The van der Waals surface area contributed by atoms with Crippen LogP contribution < -0.4 is 10.5 Å². The standard InChI is InChI=1S/C42H68N4O8S/c1-9-27(4)40(45(6)42(50)33(26(2)3)23-36(48)39-31-17-18-32(22-31)44-39)37(53-7)24-38(49)46-19-13-16-34(46)41(54-8)28(5)35(47)21-30(25-55(43,51)52)20-29-14-11-10-12-15-29/h10-12,14-15,26-28,30-34,37,39-41,44H,9,13,16-25H2,1-8H3,(H2,43,51,52)/t27-,28-,30+,31-,32+,33-,34-,37+,39-,40-,41+/m0/s1. The number of Topliss-reactive ketones (excluding diaryl/α,β-unsaturated/α-hetero) is 2. The Morgan fingerprint density at radius 1 is 0.982 bits per heavy atom. The molecule has 11 atom stereocenters. The van der Waals surface area contributed by atoms with Crippen molar-refractivity contribution in [3.05, 3.63) is 35.9 Å². The summed E-state index contributed by atoms with van der Waals surface area (Å²) in [5.74, 6) is -1.88. The number of nitrogens with two attached hydrogens (primary N) is 1. The lowest BCUT2D eigenvalue weighted by Crippen LogP contribution is -2.54. The Morgan fingerprint density at radius 2 is 1.67 bits per heavy atom. The smallest absolute Gasteiger partial charge is 0.226 e. The molecule has 0 radical (unpaired) electrons.